The van der Waals surface area contributed by atoms with Crippen LogP contribution in [0.25, 0.3) is 10.6 Å². The van der Waals surface area contributed by atoms with Gasteiger partial charge >= 0.3 is 6.03 Å². The summed E-state index contributed by atoms with van der Waals surface area (Å²) < 4.78 is 5.72. The van der Waals surface area contributed by atoms with Crippen LogP contribution in [0.3, 0.4) is 0 Å². The lowest BCUT2D eigenvalue weighted by molar-refractivity contribution is 0.261. The number of ether oxygens (including phenoxy) is 1. The molecule has 1 fully saturated rings. The molecule has 3 aromatic rings. The first-order valence-corrected chi connectivity index (χ1v) is 10.1. The molecule has 1 atom stereocenters. The molecule has 4 rings (SSSR count). The maximum absolute atomic E-state index is 12.3. The Kier molecular flexibility index (Phi) is 5.82. The Morgan fingerprint density at radius 2 is 2.14 bits per heavy atom. The highest BCUT2D eigenvalue weighted by Crippen LogP contribution is 2.25. The SMILES string of the molecule is Nc1ccc(-c2nc(NC(=O)Nc3cccc(OCC4CCCN4)n3)cs2)cn1. The molecule has 3 aromatic heterocycles. The van der Waals surface area contributed by atoms with Gasteiger partial charge in [-0.25, -0.2) is 14.8 Å². The van der Waals surface area contributed by atoms with Crippen molar-refractivity contribution in [2.45, 2.75) is 18.9 Å². The summed E-state index contributed by atoms with van der Waals surface area (Å²) in [6.07, 6.45) is 3.91. The Morgan fingerprint density at radius 3 is 2.93 bits per heavy atom. The Bertz CT molecular complexity index is 971. The number of hydrogen-bond donors (Lipinski definition) is 4. The summed E-state index contributed by atoms with van der Waals surface area (Å²) >= 11 is 1.40. The van der Waals surface area contributed by atoms with E-state index in [0.717, 1.165) is 30.0 Å². The van der Waals surface area contributed by atoms with Gasteiger partial charge in [-0.2, -0.15) is 4.98 Å². The molecule has 0 spiro atoms. The quantitative estimate of drug-likeness (QED) is 0.491. The van der Waals surface area contributed by atoms with E-state index in [1.807, 2.05) is 6.07 Å². The minimum atomic E-state index is -0.431. The van der Waals surface area contributed by atoms with Crippen molar-refractivity contribution in [2.24, 2.45) is 0 Å². The first-order valence-electron chi connectivity index (χ1n) is 9.24. The lowest BCUT2D eigenvalue weighted by Crippen LogP contribution is -2.28. The third-order valence-electron chi connectivity index (χ3n) is 4.34. The first kappa shape index (κ1) is 19.1. The number of nitrogens with zero attached hydrogens (tertiary/aromatic N) is 3. The number of amides is 2. The van der Waals surface area contributed by atoms with E-state index in [1.165, 1.54) is 11.3 Å². The van der Waals surface area contributed by atoms with E-state index in [-0.39, 0.29) is 0 Å². The number of rotatable bonds is 6. The minimum Gasteiger partial charge on any atom is -0.476 e. The summed E-state index contributed by atoms with van der Waals surface area (Å²) in [5.41, 5.74) is 6.43. The van der Waals surface area contributed by atoms with Gasteiger partial charge in [-0.1, -0.05) is 6.07 Å². The van der Waals surface area contributed by atoms with Crippen LogP contribution in [-0.2, 0) is 0 Å². The summed E-state index contributed by atoms with van der Waals surface area (Å²) in [7, 11) is 0. The van der Waals surface area contributed by atoms with Gasteiger partial charge in [0.05, 0.1) is 0 Å². The summed E-state index contributed by atoms with van der Waals surface area (Å²) in [6.45, 7) is 1.58. The molecule has 4 heterocycles. The van der Waals surface area contributed by atoms with Crippen LogP contribution in [0.1, 0.15) is 12.8 Å². The maximum Gasteiger partial charge on any atom is 0.326 e. The van der Waals surface area contributed by atoms with Crippen LogP contribution in [0.2, 0.25) is 0 Å². The van der Waals surface area contributed by atoms with Crippen LogP contribution in [-0.4, -0.2) is 40.2 Å². The first-order chi connectivity index (χ1) is 14.2. The van der Waals surface area contributed by atoms with Gasteiger partial charge in [0.25, 0.3) is 0 Å². The monoisotopic (exact) mass is 411 g/mol. The molecule has 0 aromatic carbocycles. The smallest absolute Gasteiger partial charge is 0.326 e. The zero-order valence-electron chi connectivity index (χ0n) is 15.6. The molecular formula is C19H21N7O2S. The zero-order chi connectivity index (χ0) is 20.1. The summed E-state index contributed by atoms with van der Waals surface area (Å²) in [6, 6.07) is 8.72. The van der Waals surface area contributed by atoms with E-state index < -0.39 is 6.03 Å². The van der Waals surface area contributed by atoms with Crippen molar-refractivity contribution in [1.82, 2.24) is 20.3 Å². The fourth-order valence-corrected chi connectivity index (χ4v) is 3.65. The molecule has 9 nitrogen and oxygen atoms in total. The van der Waals surface area contributed by atoms with Gasteiger partial charge in [0.1, 0.15) is 29.1 Å². The molecular weight excluding hydrogens is 390 g/mol. The van der Waals surface area contributed by atoms with Gasteiger partial charge in [0.15, 0.2) is 0 Å². The summed E-state index contributed by atoms with van der Waals surface area (Å²) in [5.74, 6) is 1.76. The number of urea groups is 1. The molecule has 0 bridgehead atoms. The second-order valence-electron chi connectivity index (χ2n) is 6.55. The topological polar surface area (TPSA) is 127 Å². The number of aromatic nitrogens is 3. The zero-order valence-corrected chi connectivity index (χ0v) is 16.4. The average molecular weight is 411 g/mol. The van der Waals surface area contributed by atoms with Crippen LogP contribution >= 0.6 is 11.3 Å². The van der Waals surface area contributed by atoms with Crippen LogP contribution in [0, 0.1) is 0 Å². The second kappa shape index (κ2) is 8.84. The highest BCUT2D eigenvalue weighted by molar-refractivity contribution is 7.13. The number of nitrogens with two attached hydrogens (primary N) is 1. The number of hydrogen-bond acceptors (Lipinski definition) is 8. The molecule has 2 amide bonds. The Morgan fingerprint density at radius 1 is 1.24 bits per heavy atom. The highest BCUT2D eigenvalue weighted by Gasteiger charge is 2.15. The van der Waals surface area contributed by atoms with Crippen molar-refractivity contribution >= 4 is 34.8 Å². The molecule has 0 aliphatic carbocycles. The molecule has 10 heteroatoms. The number of carbonyl (C=O) groups excluding carboxylic acids is 1. The van der Waals surface area contributed by atoms with Crippen LogP contribution < -0.4 is 26.4 Å². The molecule has 0 radical (unpaired) electrons. The van der Waals surface area contributed by atoms with Gasteiger partial charge in [-0.15, -0.1) is 11.3 Å². The van der Waals surface area contributed by atoms with Gasteiger partial charge in [-0.3, -0.25) is 10.6 Å². The Hall–Kier alpha value is -3.24. The third kappa shape index (κ3) is 5.18. The molecule has 1 saturated heterocycles. The van der Waals surface area contributed by atoms with E-state index in [0.29, 0.717) is 36.0 Å². The Balaban J connectivity index is 1.32. The van der Waals surface area contributed by atoms with Crippen LogP contribution in [0.5, 0.6) is 5.88 Å². The van der Waals surface area contributed by atoms with Gasteiger partial charge in [0, 0.05) is 29.2 Å². The largest absolute Gasteiger partial charge is 0.476 e. The van der Waals surface area contributed by atoms with Gasteiger partial charge in [0.2, 0.25) is 5.88 Å². The molecule has 1 unspecified atom stereocenters. The number of pyridine rings is 2. The van der Waals surface area contributed by atoms with Crippen molar-refractivity contribution in [3.63, 3.8) is 0 Å². The number of anilines is 3. The predicted octanol–water partition coefficient (Wildman–Crippen LogP) is 2.96. The van der Waals surface area contributed by atoms with Crippen LogP contribution in [0.4, 0.5) is 22.2 Å². The lowest BCUT2D eigenvalue weighted by atomic mass is 10.2. The fourth-order valence-electron chi connectivity index (χ4n) is 2.91. The van der Waals surface area contributed by atoms with Crippen molar-refractivity contribution in [1.29, 1.82) is 0 Å². The van der Waals surface area contributed by atoms with E-state index in [9.17, 15) is 4.79 Å². The average Bonchev–Trinajstić information content (AvgIpc) is 3.39. The number of nitrogen functional groups attached to an aromatic ring is 1. The Labute approximate surface area is 171 Å². The minimum absolute atomic E-state index is 0.354. The lowest BCUT2D eigenvalue weighted by Gasteiger charge is -2.12. The number of carbonyl (C=O) groups is 1. The number of thiazole rings is 1. The van der Waals surface area contributed by atoms with Crippen molar-refractivity contribution in [3.05, 3.63) is 41.9 Å². The van der Waals surface area contributed by atoms with E-state index in [2.05, 4.69) is 30.9 Å². The second-order valence-corrected chi connectivity index (χ2v) is 7.41. The molecule has 1 aliphatic rings. The molecule has 0 saturated carbocycles. The van der Waals surface area contributed by atoms with Crippen molar-refractivity contribution in [3.8, 4) is 16.5 Å². The fraction of sp³-hybridized carbons (Fsp3) is 0.263. The van der Waals surface area contributed by atoms with E-state index >= 15 is 0 Å². The molecule has 150 valence electrons. The highest BCUT2D eigenvalue weighted by atomic mass is 32.1. The standard InChI is InChI=1S/C19H21N7O2S/c20-14-7-6-12(9-22-14)18-24-16(11-29-18)26-19(27)25-15-4-1-5-17(23-15)28-10-13-3-2-8-21-13/h1,4-7,9,11,13,21H,2-3,8,10H2,(H2,20,22)(H2,23,25,26,27). The van der Waals surface area contributed by atoms with Crippen LogP contribution in [0.15, 0.2) is 41.9 Å². The third-order valence-corrected chi connectivity index (χ3v) is 5.23. The van der Waals surface area contributed by atoms with E-state index in [1.54, 1.807) is 35.8 Å². The van der Waals surface area contributed by atoms with E-state index in [4.69, 9.17) is 10.5 Å². The summed E-state index contributed by atoms with van der Waals surface area (Å²) in [4.78, 5) is 25.0. The normalized spacial score (nSPS) is 15.8. The molecule has 1 aliphatic heterocycles. The predicted molar refractivity (Wildman–Crippen MR) is 113 cm³/mol. The molecule has 5 N–H and O–H groups in total. The molecule has 29 heavy (non-hydrogen) atoms. The summed E-state index contributed by atoms with van der Waals surface area (Å²) in [5, 5.41) is 11.3. The van der Waals surface area contributed by atoms with Crippen molar-refractivity contribution in [2.75, 3.05) is 29.5 Å². The number of nitrogens with one attached hydrogen (secondary N) is 3. The maximum atomic E-state index is 12.3. The van der Waals surface area contributed by atoms with Gasteiger partial charge < -0.3 is 15.8 Å². The van der Waals surface area contributed by atoms with Crippen molar-refractivity contribution < 1.29 is 9.53 Å². The van der Waals surface area contributed by atoms with Gasteiger partial charge in [-0.05, 0) is 37.6 Å².